The number of rotatable bonds is 5. The quantitative estimate of drug-likeness (QED) is 0.472. The minimum atomic E-state index is -0.338. The second-order valence-electron chi connectivity index (χ2n) is 4.69. The molecule has 20 heavy (non-hydrogen) atoms. The number of ether oxygens (including phenoxy) is 1. The van der Waals surface area contributed by atoms with E-state index in [0.717, 1.165) is 23.0 Å². The average molecular weight is 392 g/mol. The third-order valence-corrected chi connectivity index (χ3v) is 3.97. The smallest absolute Gasteiger partial charge is 0.293 e. The van der Waals surface area contributed by atoms with Crippen molar-refractivity contribution in [2.75, 3.05) is 31.2 Å². The van der Waals surface area contributed by atoms with Gasteiger partial charge in [-0.25, -0.2) is 0 Å². The van der Waals surface area contributed by atoms with Gasteiger partial charge in [-0.1, -0.05) is 0 Å². The molecule has 7 heteroatoms. The largest absolute Gasteiger partial charge is 0.394 e. The lowest BCUT2D eigenvalue weighted by atomic mass is 10.1. The predicted molar refractivity (Wildman–Crippen MR) is 84.1 cm³/mol. The van der Waals surface area contributed by atoms with E-state index in [1.807, 2.05) is 11.0 Å². The number of piperidine rings is 1. The number of anilines is 1. The molecule has 2 rings (SSSR count). The minimum Gasteiger partial charge on any atom is -0.394 e. The molecule has 1 N–H and O–H groups in total. The molecule has 0 aliphatic carbocycles. The van der Waals surface area contributed by atoms with Crippen LogP contribution in [0.4, 0.5) is 11.4 Å². The number of halogens is 1. The van der Waals surface area contributed by atoms with E-state index in [-0.39, 0.29) is 23.3 Å². The molecule has 1 atom stereocenters. The second kappa shape index (κ2) is 7.19. The Balaban J connectivity index is 2.16. The highest BCUT2D eigenvalue weighted by Gasteiger charge is 2.25. The van der Waals surface area contributed by atoms with Gasteiger partial charge < -0.3 is 14.7 Å². The molecule has 1 unspecified atom stereocenters. The number of nitro benzene ring substituents is 1. The van der Waals surface area contributed by atoms with E-state index in [4.69, 9.17) is 9.84 Å². The molecule has 1 aliphatic rings. The first-order valence-corrected chi connectivity index (χ1v) is 7.61. The maximum absolute atomic E-state index is 11.2. The molecule has 110 valence electrons. The summed E-state index contributed by atoms with van der Waals surface area (Å²) in [4.78, 5) is 12.8. The van der Waals surface area contributed by atoms with Crippen molar-refractivity contribution in [3.05, 3.63) is 31.9 Å². The SMILES string of the molecule is O=[N+]([O-])c1cc(I)ccc1N1CCCC(OCCO)C1. The van der Waals surface area contributed by atoms with Crippen LogP contribution in [0.25, 0.3) is 0 Å². The van der Waals surface area contributed by atoms with Crippen LogP contribution in [-0.4, -0.2) is 42.4 Å². The van der Waals surface area contributed by atoms with E-state index < -0.39 is 0 Å². The number of nitro groups is 1. The van der Waals surface area contributed by atoms with Gasteiger partial charge in [-0.15, -0.1) is 0 Å². The molecule has 0 aromatic heterocycles. The highest BCUT2D eigenvalue weighted by Crippen LogP contribution is 2.32. The van der Waals surface area contributed by atoms with Gasteiger partial charge in [0.05, 0.1) is 24.2 Å². The Morgan fingerprint density at radius 1 is 1.55 bits per heavy atom. The Morgan fingerprint density at radius 2 is 2.35 bits per heavy atom. The van der Waals surface area contributed by atoms with Crippen LogP contribution >= 0.6 is 22.6 Å². The van der Waals surface area contributed by atoms with Crippen LogP contribution in [-0.2, 0) is 4.74 Å². The van der Waals surface area contributed by atoms with Crippen LogP contribution in [0.2, 0.25) is 0 Å². The fraction of sp³-hybridized carbons (Fsp3) is 0.538. The maximum atomic E-state index is 11.2. The van der Waals surface area contributed by atoms with E-state index in [2.05, 4.69) is 22.6 Å². The number of nitrogens with zero attached hydrogens (tertiary/aromatic N) is 2. The predicted octanol–water partition coefficient (Wildman–Crippen LogP) is 2.18. The van der Waals surface area contributed by atoms with Crippen molar-refractivity contribution in [3.63, 3.8) is 0 Å². The van der Waals surface area contributed by atoms with Crippen molar-refractivity contribution in [1.29, 1.82) is 0 Å². The van der Waals surface area contributed by atoms with E-state index in [0.29, 0.717) is 18.8 Å². The fourth-order valence-electron chi connectivity index (χ4n) is 2.42. The number of hydrogen-bond donors (Lipinski definition) is 1. The standard InChI is InChI=1S/C13H17IN2O4/c14-10-3-4-12(13(8-10)16(18)19)15-5-1-2-11(9-15)20-7-6-17/h3-4,8,11,17H,1-2,5-7,9H2. The minimum absolute atomic E-state index is 0.000178. The molecule has 0 spiro atoms. The topological polar surface area (TPSA) is 75.8 Å². The van der Waals surface area contributed by atoms with Crippen LogP contribution < -0.4 is 4.90 Å². The van der Waals surface area contributed by atoms with Gasteiger partial charge in [0.25, 0.3) is 5.69 Å². The molecule has 1 aromatic rings. The molecule has 1 aromatic carbocycles. The highest BCUT2D eigenvalue weighted by molar-refractivity contribution is 14.1. The first-order chi connectivity index (χ1) is 9.61. The fourth-order valence-corrected chi connectivity index (χ4v) is 2.90. The molecular formula is C13H17IN2O4. The lowest BCUT2D eigenvalue weighted by Gasteiger charge is -2.33. The van der Waals surface area contributed by atoms with Crippen molar-refractivity contribution in [2.45, 2.75) is 18.9 Å². The number of aliphatic hydroxyl groups is 1. The summed E-state index contributed by atoms with van der Waals surface area (Å²) in [5.74, 6) is 0. The summed E-state index contributed by atoms with van der Waals surface area (Å²) in [6.45, 7) is 1.73. The van der Waals surface area contributed by atoms with Crippen molar-refractivity contribution in [2.24, 2.45) is 0 Å². The zero-order valence-corrected chi connectivity index (χ0v) is 13.2. The molecule has 0 bridgehead atoms. The zero-order valence-electron chi connectivity index (χ0n) is 11.0. The van der Waals surface area contributed by atoms with Gasteiger partial charge in [-0.2, -0.15) is 0 Å². The molecule has 1 saturated heterocycles. The van der Waals surface area contributed by atoms with Crippen molar-refractivity contribution in [1.82, 2.24) is 0 Å². The number of aliphatic hydroxyl groups excluding tert-OH is 1. The van der Waals surface area contributed by atoms with Gasteiger partial charge >= 0.3 is 0 Å². The number of benzene rings is 1. The molecule has 0 radical (unpaired) electrons. The summed E-state index contributed by atoms with van der Waals surface area (Å²) >= 11 is 2.07. The first-order valence-electron chi connectivity index (χ1n) is 6.53. The van der Waals surface area contributed by atoms with Crippen molar-refractivity contribution >= 4 is 34.0 Å². The van der Waals surface area contributed by atoms with Crippen LogP contribution in [0, 0.1) is 13.7 Å². The van der Waals surface area contributed by atoms with Crippen molar-refractivity contribution in [3.8, 4) is 0 Å². The van der Waals surface area contributed by atoms with Crippen LogP contribution in [0.3, 0.4) is 0 Å². The van der Waals surface area contributed by atoms with Crippen molar-refractivity contribution < 1.29 is 14.8 Å². The maximum Gasteiger partial charge on any atom is 0.293 e. The Morgan fingerprint density at radius 3 is 3.05 bits per heavy atom. The summed E-state index contributed by atoms with van der Waals surface area (Å²) in [6.07, 6.45) is 1.88. The Bertz CT molecular complexity index is 483. The van der Waals surface area contributed by atoms with E-state index in [9.17, 15) is 10.1 Å². The summed E-state index contributed by atoms with van der Waals surface area (Å²) in [5.41, 5.74) is 0.785. The highest BCUT2D eigenvalue weighted by atomic mass is 127. The molecule has 0 saturated carbocycles. The monoisotopic (exact) mass is 392 g/mol. The third kappa shape index (κ3) is 3.80. The molecule has 1 fully saturated rings. The van der Waals surface area contributed by atoms with E-state index in [1.165, 1.54) is 0 Å². The van der Waals surface area contributed by atoms with Crippen LogP contribution in [0.15, 0.2) is 18.2 Å². The lowest BCUT2D eigenvalue weighted by molar-refractivity contribution is -0.384. The third-order valence-electron chi connectivity index (χ3n) is 3.30. The summed E-state index contributed by atoms with van der Waals surface area (Å²) < 4.78 is 6.40. The van der Waals surface area contributed by atoms with Gasteiger partial charge in [0, 0.05) is 22.7 Å². The summed E-state index contributed by atoms with van der Waals surface area (Å²) in [5, 5.41) is 20.0. The first kappa shape index (κ1) is 15.5. The van der Waals surface area contributed by atoms with E-state index >= 15 is 0 Å². The van der Waals surface area contributed by atoms with Crippen LogP contribution in [0.5, 0.6) is 0 Å². The van der Waals surface area contributed by atoms with Gasteiger partial charge in [0.1, 0.15) is 5.69 Å². The zero-order chi connectivity index (χ0) is 14.5. The molecule has 1 aliphatic heterocycles. The van der Waals surface area contributed by atoms with Gasteiger partial charge in [0.15, 0.2) is 0 Å². The molecule has 6 nitrogen and oxygen atoms in total. The lowest BCUT2D eigenvalue weighted by Crippen LogP contribution is -2.40. The second-order valence-corrected chi connectivity index (χ2v) is 5.94. The molecule has 0 amide bonds. The van der Waals surface area contributed by atoms with Crippen LogP contribution in [0.1, 0.15) is 12.8 Å². The van der Waals surface area contributed by atoms with Gasteiger partial charge in [0.2, 0.25) is 0 Å². The average Bonchev–Trinajstić information content (AvgIpc) is 2.45. The number of hydrogen-bond acceptors (Lipinski definition) is 5. The molecule has 1 heterocycles. The Labute approximate surface area is 131 Å². The summed E-state index contributed by atoms with van der Waals surface area (Å²) in [7, 11) is 0. The van der Waals surface area contributed by atoms with Gasteiger partial charge in [-0.3, -0.25) is 10.1 Å². The Kier molecular flexibility index (Phi) is 5.55. The van der Waals surface area contributed by atoms with E-state index in [1.54, 1.807) is 12.1 Å². The molecular weight excluding hydrogens is 375 g/mol. The normalized spacial score (nSPS) is 19.1. The Hall–Kier alpha value is -0.930. The van der Waals surface area contributed by atoms with Gasteiger partial charge in [-0.05, 0) is 47.6 Å². The summed E-state index contributed by atoms with van der Waals surface area (Å²) in [6, 6.07) is 5.27.